The molecule has 1 aromatic heterocycles. The first-order chi connectivity index (χ1) is 15.0. The summed E-state index contributed by atoms with van der Waals surface area (Å²) >= 11 is 0. The number of carbonyl (C=O) groups is 2. The monoisotopic (exact) mass is 432 g/mol. The molecular formula is C22H25FN2O6. The Kier molecular flexibility index (Phi) is 8.68. The molecule has 8 nitrogen and oxygen atoms in total. The lowest BCUT2D eigenvalue weighted by Crippen LogP contribution is -2.38. The molecule has 0 fully saturated rings. The molecule has 31 heavy (non-hydrogen) atoms. The van der Waals surface area contributed by atoms with Crippen LogP contribution >= 0.6 is 0 Å². The molecule has 0 bridgehead atoms. The van der Waals surface area contributed by atoms with E-state index < -0.39 is 37.1 Å². The minimum Gasteiger partial charge on any atom is -0.483 e. The number of hydrogen-bond donors (Lipinski definition) is 4. The number of nitrogens with one attached hydrogen (secondary N) is 1. The molecule has 2 unspecified atom stereocenters. The van der Waals surface area contributed by atoms with Crippen molar-refractivity contribution in [2.24, 2.45) is 5.73 Å². The molecule has 0 aliphatic rings. The van der Waals surface area contributed by atoms with Gasteiger partial charge in [-0.2, -0.15) is 0 Å². The maximum atomic E-state index is 14.0. The van der Waals surface area contributed by atoms with E-state index in [9.17, 15) is 19.1 Å². The second-order valence-corrected chi connectivity index (χ2v) is 6.40. The number of rotatable bonds is 8. The predicted octanol–water partition coefficient (Wildman–Crippen LogP) is 1.86. The van der Waals surface area contributed by atoms with E-state index in [0.717, 1.165) is 0 Å². The van der Waals surface area contributed by atoms with Crippen molar-refractivity contribution in [1.29, 1.82) is 0 Å². The first kappa shape index (κ1) is 24.0. The van der Waals surface area contributed by atoms with Crippen molar-refractivity contribution in [2.45, 2.75) is 19.1 Å². The molecule has 3 rings (SSSR count). The Labute approximate surface area is 178 Å². The van der Waals surface area contributed by atoms with Crippen LogP contribution in [0.2, 0.25) is 0 Å². The summed E-state index contributed by atoms with van der Waals surface area (Å²) in [6.45, 7) is 0.619. The molecule has 2 atom stereocenters. The summed E-state index contributed by atoms with van der Waals surface area (Å²) in [5, 5.41) is 21.6. The van der Waals surface area contributed by atoms with Gasteiger partial charge in [-0.05, 0) is 38.2 Å². The van der Waals surface area contributed by atoms with Gasteiger partial charge in [-0.15, -0.1) is 0 Å². The summed E-state index contributed by atoms with van der Waals surface area (Å²) in [6.07, 6.45) is -0.502. The molecule has 166 valence electrons. The standard InChI is InChI=1S/C21H20FNO6.CH5N/c1-12-20(21(27)23-13(9-24)10-25)16-8-14(6-7-18(16)28-12)29-19(11-26)15-4-2-3-5-17(15)22;1-2/h2-9,13,19,25-26H,10-11H2,1H3,(H,23,27);2H2,1H3. The van der Waals surface area contributed by atoms with Gasteiger partial charge in [0, 0.05) is 10.9 Å². The summed E-state index contributed by atoms with van der Waals surface area (Å²) < 4.78 is 25.4. The Morgan fingerprint density at radius 3 is 2.55 bits per heavy atom. The van der Waals surface area contributed by atoms with Crippen LogP contribution in [0.25, 0.3) is 11.0 Å². The van der Waals surface area contributed by atoms with Crippen LogP contribution in [0.15, 0.2) is 46.9 Å². The molecule has 0 saturated carbocycles. The van der Waals surface area contributed by atoms with Crippen LogP contribution in [-0.2, 0) is 4.79 Å². The molecule has 0 aliphatic heterocycles. The Balaban J connectivity index is 0.00000166. The van der Waals surface area contributed by atoms with Gasteiger partial charge in [-0.25, -0.2) is 4.39 Å². The molecule has 0 aliphatic carbocycles. The highest BCUT2D eigenvalue weighted by molar-refractivity contribution is 6.08. The van der Waals surface area contributed by atoms with Crippen LogP contribution in [0.3, 0.4) is 0 Å². The van der Waals surface area contributed by atoms with E-state index in [1.54, 1.807) is 31.2 Å². The molecule has 0 saturated heterocycles. The second kappa shape index (κ2) is 11.2. The number of aliphatic hydroxyl groups is 2. The van der Waals surface area contributed by atoms with E-state index in [1.165, 1.54) is 25.2 Å². The number of nitrogens with two attached hydrogens (primary N) is 1. The largest absolute Gasteiger partial charge is 0.483 e. The van der Waals surface area contributed by atoms with E-state index in [2.05, 4.69) is 11.1 Å². The summed E-state index contributed by atoms with van der Waals surface area (Å²) in [4.78, 5) is 23.4. The average Bonchev–Trinajstić information content (AvgIpc) is 3.12. The zero-order valence-corrected chi connectivity index (χ0v) is 17.2. The quantitative estimate of drug-likeness (QED) is 0.399. The minimum atomic E-state index is -1.04. The summed E-state index contributed by atoms with van der Waals surface area (Å²) in [7, 11) is 1.50. The molecule has 5 N–H and O–H groups in total. The minimum absolute atomic E-state index is 0.192. The van der Waals surface area contributed by atoms with Gasteiger partial charge in [0.15, 0.2) is 0 Å². The number of halogens is 1. The lowest BCUT2D eigenvalue weighted by atomic mass is 10.1. The van der Waals surface area contributed by atoms with Gasteiger partial charge in [0.2, 0.25) is 0 Å². The Bertz CT molecular complexity index is 1040. The molecule has 9 heteroatoms. The Morgan fingerprint density at radius 2 is 1.94 bits per heavy atom. The maximum Gasteiger partial charge on any atom is 0.256 e. The zero-order chi connectivity index (χ0) is 23.0. The van der Waals surface area contributed by atoms with Crippen molar-refractivity contribution in [2.75, 3.05) is 20.3 Å². The highest BCUT2D eigenvalue weighted by Crippen LogP contribution is 2.31. The van der Waals surface area contributed by atoms with Crippen molar-refractivity contribution in [1.82, 2.24) is 5.32 Å². The van der Waals surface area contributed by atoms with E-state index in [1.807, 2.05) is 0 Å². The first-order valence-electron chi connectivity index (χ1n) is 9.48. The highest BCUT2D eigenvalue weighted by atomic mass is 19.1. The molecule has 1 heterocycles. The van der Waals surface area contributed by atoms with Gasteiger partial charge in [0.25, 0.3) is 5.91 Å². The number of aliphatic hydroxyl groups excluding tert-OH is 2. The third-order valence-corrected chi connectivity index (χ3v) is 4.44. The Morgan fingerprint density at radius 1 is 1.23 bits per heavy atom. The smallest absolute Gasteiger partial charge is 0.256 e. The number of aldehydes is 1. The van der Waals surface area contributed by atoms with E-state index in [-0.39, 0.29) is 11.1 Å². The van der Waals surface area contributed by atoms with Crippen LogP contribution in [0.5, 0.6) is 5.75 Å². The average molecular weight is 432 g/mol. The SMILES string of the molecule is CN.Cc1oc2ccc(OC(CO)c3ccccc3F)cc2c1C(=O)NC(C=O)CO. The van der Waals surface area contributed by atoms with Gasteiger partial charge < -0.3 is 35.2 Å². The number of ether oxygens (including phenoxy) is 1. The molecular weight excluding hydrogens is 407 g/mol. The fourth-order valence-electron chi connectivity index (χ4n) is 3.02. The summed E-state index contributed by atoms with van der Waals surface area (Å²) in [5.74, 6) is -0.470. The van der Waals surface area contributed by atoms with Crippen molar-refractivity contribution in [3.05, 3.63) is 65.2 Å². The predicted molar refractivity (Wildman–Crippen MR) is 112 cm³/mol. The van der Waals surface area contributed by atoms with Gasteiger partial charge in [0.05, 0.1) is 18.8 Å². The van der Waals surface area contributed by atoms with Crippen LogP contribution in [0.1, 0.15) is 27.8 Å². The van der Waals surface area contributed by atoms with E-state index >= 15 is 0 Å². The number of amides is 1. The lowest BCUT2D eigenvalue weighted by molar-refractivity contribution is -0.110. The van der Waals surface area contributed by atoms with Crippen LogP contribution in [-0.4, -0.2) is 48.7 Å². The fourth-order valence-corrected chi connectivity index (χ4v) is 3.02. The molecule has 1 amide bonds. The van der Waals surface area contributed by atoms with Crippen LogP contribution in [0, 0.1) is 12.7 Å². The molecule has 0 spiro atoms. The van der Waals surface area contributed by atoms with E-state index in [4.69, 9.17) is 14.3 Å². The normalized spacial score (nSPS) is 12.5. The van der Waals surface area contributed by atoms with Crippen LogP contribution < -0.4 is 15.8 Å². The highest BCUT2D eigenvalue weighted by Gasteiger charge is 2.22. The number of carbonyl (C=O) groups excluding carboxylic acids is 2. The number of hydrogen-bond acceptors (Lipinski definition) is 7. The third kappa shape index (κ3) is 5.46. The van der Waals surface area contributed by atoms with Gasteiger partial charge in [-0.3, -0.25) is 4.79 Å². The summed E-state index contributed by atoms with van der Waals surface area (Å²) in [6, 6.07) is 9.65. The summed E-state index contributed by atoms with van der Waals surface area (Å²) in [5.41, 5.74) is 5.31. The number of furan rings is 1. The van der Waals surface area contributed by atoms with Gasteiger partial charge in [-0.1, -0.05) is 18.2 Å². The van der Waals surface area contributed by atoms with Crippen molar-refractivity contribution in [3.63, 3.8) is 0 Å². The molecule has 0 radical (unpaired) electrons. The van der Waals surface area contributed by atoms with Gasteiger partial charge in [0.1, 0.15) is 41.3 Å². The zero-order valence-electron chi connectivity index (χ0n) is 17.2. The lowest BCUT2D eigenvalue weighted by Gasteiger charge is -2.18. The molecule has 3 aromatic rings. The first-order valence-corrected chi connectivity index (χ1v) is 9.48. The number of fused-ring (bicyclic) bond motifs is 1. The number of aryl methyl sites for hydroxylation is 1. The van der Waals surface area contributed by atoms with E-state index in [0.29, 0.717) is 28.8 Å². The van der Waals surface area contributed by atoms with Gasteiger partial charge >= 0.3 is 0 Å². The fraction of sp³-hybridized carbons (Fsp3) is 0.273. The molecule has 2 aromatic carbocycles. The third-order valence-electron chi connectivity index (χ3n) is 4.44. The Hall–Kier alpha value is -3.27. The number of benzene rings is 2. The van der Waals surface area contributed by atoms with Crippen molar-refractivity contribution >= 4 is 23.2 Å². The van der Waals surface area contributed by atoms with Crippen molar-refractivity contribution < 1.29 is 33.3 Å². The maximum absolute atomic E-state index is 14.0. The van der Waals surface area contributed by atoms with Crippen LogP contribution in [0.4, 0.5) is 4.39 Å². The van der Waals surface area contributed by atoms with Crippen molar-refractivity contribution in [3.8, 4) is 5.75 Å². The topological polar surface area (TPSA) is 135 Å². The second-order valence-electron chi connectivity index (χ2n) is 6.40.